The van der Waals surface area contributed by atoms with Gasteiger partial charge in [-0.25, -0.2) is 0 Å². The molecule has 2 rings (SSSR count). The van der Waals surface area contributed by atoms with E-state index < -0.39 is 0 Å². The average Bonchev–Trinajstić information content (AvgIpc) is 3.16. The van der Waals surface area contributed by atoms with E-state index in [1.54, 1.807) is 18.4 Å². The van der Waals surface area contributed by atoms with Crippen molar-refractivity contribution < 1.29 is 4.52 Å². The zero-order chi connectivity index (χ0) is 16.9. The van der Waals surface area contributed by atoms with Gasteiger partial charge in [0.1, 0.15) is 5.76 Å². The number of aromatic nitrogens is 1. The Kier molecular flexibility index (Phi) is 5.82. The smallest absolute Gasteiger partial charge is 0.191 e. The summed E-state index contributed by atoms with van der Waals surface area (Å²) in [5.74, 6) is 1.72. The second-order valence-electron chi connectivity index (χ2n) is 6.27. The minimum absolute atomic E-state index is 0.0768. The topological polar surface area (TPSA) is 62.5 Å². The lowest BCUT2D eigenvalue weighted by molar-refractivity contribution is 0.392. The zero-order valence-electron chi connectivity index (χ0n) is 14.6. The van der Waals surface area contributed by atoms with E-state index in [1.807, 2.05) is 13.8 Å². The summed E-state index contributed by atoms with van der Waals surface area (Å²) in [5, 5.41) is 12.9. The van der Waals surface area contributed by atoms with Crippen molar-refractivity contribution in [1.29, 1.82) is 0 Å². The van der Waals surface area contributed by atoms with Crippen LogP contribution in [0, 0.1) is 13.8 Å². The Hall–Kier alpha value is -1.82. The molecule has 2 aromatic heterocycles. The molecule has 0 fully saturated rings. The Morgan fingerprint density at radius 3 is 2.70 bits per heavy atom. The molecule has 2 N–H and O–H groups in total. The molecule has 0 amide bonds. The Morgan fingerprint density at radius 1 is 1.35 bits per heavy atom. The van der Waals surface area contributed by atoms with E-state index in [1.165, 1.54) is 10.4 Å². The lowest BCUT2D eigenvalue weighted by atomic mass is 9.91. The highest BCUT2D eigenvalue weighted by Gasteiger charge is 2.21. The molecule has 5 nitrogen and oxygen atoms in total. The highest BCUT2D eigenvalue weighted by atomic mass is 32.1. The Morgan fingerprint density at radius 2 is 2.13 bits per heavy atom. The summed E-state index contributed by atoms with van der Waals surface area (Å²) in [6.45, 7) is 10.0. The summed E-state index contributed by atoms with van der Waals surface area (Å²) in [4.78, 5) is 5.67. The number of hydrogen-bond donors (Lipinski definition) is 2. The number of aliphatic imine (C=N–C) groups is 1. The van der Waals surface area contributed by atoms with E-state index in [-0.39, 0.29) is 5.41 Å². The van der Waals surface area contributed by atoms with Gasteiger partial charge in [0.2, 0.25) is 0 Å². The number of nitrogens with zero attached hydrogens (tertiary/aromatic N) is 2. The molecule has 0 aromatic carbocycles. The summed E-state index contributed by atoms with van der Waals surface area (Å²) in [7, 11) is 1.80. The molecule has 0 unspecified atom stereocenters. The van der Waals surface area contributed by atoms with Crippen molar-refractivity contribution in [3.8, 4) is 0 Å². The quantitative estimate of drug-likeness (QED) is 0.630. The van der Waals surface area contributed by atoms with Crippen molar-refractivity contribution in [1.82, 2.24) is 15.8 Å². The van der Waals surface area contributed by atoms with Gasteiger partial charge in [-0.1, -0.05) is 25.1 Å². The molecule has 0 aliphatic heterocycles. The maximum absolute atomic E-state index is 5.19. The number of guanidine groups is 1. The predicted molar refractivity (Wildman–Crippen MR) is 96.4 cm³/mol. The van der Waals surface area contributed by atoms with Gasteiger partial charge in [-0.2, -0.15) is 0 Å². The van der Waals surface area contributed by atoms with Crippen LogP contribution >= 0.6 is 11.3 Å². The van der Waals surface area contributed by atoms with E-state index >= 15 is 0 Å². The van der Waals surface area contributed by atoms with E-state index in [2.05, 4.69) is 52.1 Å². The number of hydrogen-bond acceptors (Lipinski definition) is 4. The first-order valence-electron chi connectivity index (χ1n) is 7.84. The molecular formula is C17H26N4OS. The van der Waals surface area contributed by atoms with Gasteiger partial charge in [0, 0.05) is 36.0 Å². The number of aryl methyl sites for hydroxylation is 2. The fourth-order valence-electron chi connectivity index (χ4n) is 2.44. The normalized spacial score (nSPS) is 12.5. The molecule has 0 atom stereocenters. The minimum atomic E-state index is 0.0768. The van der Waals surface area contributed by atoms with Crippen LogP contribution in [0.5, 0.6) is 0 Å². The Balaban J connectivity index is 1.82. The lowest BCUT2D eigenvalue weighted by Crippen LogP contribution is -2.43. The maximum Gasteiger partial charge on any atom is 0.191 e. The number of rotatable bonds is 6. The average molecular weight is 334 g/mol. The van der Waals surface area contributed by atoms with E-state index in [0.717, 1.165) is 36.9 Å². The monoisotopic (exact) mass is 334 g/mol. The van der Waals surface area contributed by atoms with Crippen LogP contribution in [0.3, 0.4) is 0 Å². The van der Waals surface area contributed by atoms with Crippen LogP contribution in [-0.4, -0.2) is 31.3 Å². The molecule has 0 radical (unpaired) electrons. The maximum atomic E-state index is 5.19. The van der Waals surface area contributed by atoms with Gasteiger partial charge >= 0.3 is 0 Å². The lowest BCUT2D eigenvalue weighted by Gasteiger charge is -2.25. The molecule has 126 valence electrons. The van der Waals surface area contributed by atoms with Crippen molar-refractivity contribution in [3.05, 3.63) is 39.4 Å². The van der Waals surface area contributed by atoms with E-state index in [9.17, 15) is 0 Å². The first-order valence-corrected chi connectivity index (χ1v) is 8.72. The van der Waals surface area contributed by atoms with Crippen LogP contribution in [-0.2, 0) is 11.8 Å². The predicted octanol–water partition coefficient (Wildman–Crippen LogP) is 3.04. The zero-order valence-corrected chi connectivity index (χ0v) is 15.4. The third-order valence-electron chi connectivity index (χ3n) is 3.96. The van der Waals surface area contributed by atoms with Crippen LogP contribution in [0.15, 0.2) is 27.0 Å². The first-order chi connectivity index (χ1) is 10.9. The number of thiophene rings is 1. The highest BCUT2D eigenvalue weighted by Crippen LogP contribution is 2.26. The molecule has 0 aliphatic carbocycles. The molecule has 23 heavy (non-hydrogen) atoms. The van der Waals surface area contributed by atoms with Gasteiger partial charge in [-0.15, -0.1) is 11.3 Å². The molecule has 0 spiro atoms. The molecule has 2 aromatic rings. The van der Waals surface area contributed by atoms with E-state index in [4.69, 9.17) is 4.52 Å². The molecule has 0 bridgehead atoms. The van der Waals surface area contributed by atoms with Crippen LogP contribution < -0.4 is 10.6 Å². The molecule has 2 heterocycles. The van der Waals surface area contributed by atoms with Gasteiger partial charge in [-0.3, -0.25) is 4.99 Å². The molecule has 0 saturated heterocycles. The van der Waals surface area contributed by atoms with Crippen molar-refractivity contribution in [2.45, 2.75) is 39.5 Å². The fraction of sp³-hybridized carbons (Fsp3) is 0.529. The standard InChI is InChI=1S/C17H26N4OS/c1-12-14(13(2)22-21-12)8-9-19-16(18-5)20-11-17(3,4)15-7-6-10-23-15/h6-7,10H,8-9,11H2,1-5H3,(H2,18,19,20). The number of nitrogens with one attached hydrogen (secondary N) is 2. The second-order valence-corrected chi connectivity index (χ2v) is 7.21. The first kappa shape index (κ1) is 17.5. The van der Waals surface area contributed by atoms with E-state index in [0.29, 0.717) is 0 Å². The van der Waals surface area contributed by atoms with Crippen molar-refractivity contribution in [2.75, 3.05) is 20.1 Å². The van der Waals surface area contributed by atoms with Gasteiger partial charge in [0.05, 0.1) is 5.69 Å². The summed E-state index contributed by atoms with van der Waals surface area (Å²) in [5.41, 5.74) is 2.21. The van der Waals surface area contributed by atoms with Gasteiger partial charge < -0.3 is 15.2 Å². The molecular weight excluding hydrogens is 308 g/mol. The second kappa shape index (κ2) is 7.64. The van der Waals surface area contributed by atoms with Crippen LogP contribution in [0.2, 0.25) is 0 Å². The fourth-order valence-corrected chi connectivity index (χ4v) is 3.29. The third-order valence-corrected chi connectivity index (χ3v) is 5.19. The SMILES string of the molecule is CN=C(NCCc1c(C)noc1C)NCC(C)(C)c1cccs1. The minimum Gasteiger partial charge on any atom is -0.361 e. The summed E-state index contributed by atoms with van der Waals surface area (Å²) in [6, 6.07) is 4.28. The van der Waals surface area contributed by atoms with Crippen LogP contribution in [0.1, 0.15) is 35.7 Å². The van der Waals surface area contributed by atoms with Gasteiger partial charge in [0.25, 0.3) is 0 Å². The highest BCUT2D eigenvalue weighted by molar-refractivity contribution is 7.10. The molecule has 6 heteroatoms. The van der Waals surface area contributed by atoms with Gasteiger partial charge in [0.15, 0.2) is 5.96 Å². The largest absolute Gasteiger partial charge is 0.361 e. The summed E-state index contributed by atoms with van der Waals surface area (Å²) in [6.07, 6.45) is 0.871. The summed E-state index contributed by atoms with van der Waals surface area (Å²) < 4.78 is 5.19. The Labute approximate surface area is 142 Å². The van der Waals surface area contributed by atoms with Crippen molar-refractivity contribution in [3.63, 3.8) is 0 Å². The third kappa shape index (κ3) is 4.58. The molecule has 0 aliphatic rings. The van der Waals surface area contributed by atoms with Crippen LogP contribution in [0.4, 0.5) is 0 Å². The van der Waals surface area contributed by atoms with Crippen molar-refractivity contribution >= 4 is 17.3 Å². The molecule has 0 saturated carbocycles. The summed E-state index contributed by atoms with van der Waals surface area (Å²) >= 11 is 1.79. The Bertz CT molecular complexity index is 624. The van der Waals surface area contributed by atoms with Crippen molar-refractivity contribution in [2.24, 2.45) is 4.99 Å². The van der Waals surface area contributed by atoms with Gasteiger partial charge in [-0.05, 0) is 31.7 Å². The van der Waals surface area contributed by atoms with Crippen LogP contribution in [0.25, 0.3) is 0 Å².